The summed E-state index contributed by atoms with van der Waals surface area (Å²) in [6.07, 6.45) is 0. The normalized spacial score (nSPS) is 9.82. The highest BCUT2D eigenvalue weighted by atomic mass is 127. The van der Waals surface area contributed by atoms with Crippen molar-refractivity contribution in [2.24, 2.45) is 0 Å². The Bertz CT molecular complexity index is 264. The molecule has 0 aliphatic carbocycles. The average Bonchev–Trinajstić information content (AvgIpc) is 1.94. The Morgan fingerprint density at radius 1 is 1.27 bits per heavy atom. The minimum Gasteiger partial charge on any atom is -0.204 e. The van der Waals surface area contributed by atoms with Crippen molar-refractivity contribution in [3.8, 4) is 0 Å². The molecule has 1 nitrogen and oxygen atoms in total. The van der Waals surface area contributed by atoms with Gasteiger partial charge in [-0.2, -0.15) is 0 Å². The highest BCUT2D eigenvalue weighted by Gasteiger charge is 2.09. The molecule has 0 aromatic heterocycles. The van der Waals surface area contributed by atoms with E-state index in [1.807, 2.05) is 22.6 Å². The summed E-state index contributed by atoms with van der Waals surface area (Å²) in [5.41, 5.74) is -0.697. The van der Waals surface area contributed by atoms with Crippen LogP contribution in [0.1, 0.15) is 0 Å². The molecule has 1 rings (SSSR count). The highest BCUT2D eigenvalue weighted by Crippen LogP contribution is 2.22. The Balaban J connectivity index is 3.13. The lowest BCUT2D eigenvalue weighted by atomic mass is 10.3. The highest BCUT2D eigenvalue weighted by molar-refractivity contribution is 14.1. The van der Waals surface area contributed by atoms with E-state index < -0.39 is 16.8 Å². The van der Waals surface area contributed by atoms with Crippen molar-refractivity contribution in [1.29, 1.82) is 0 Å². The molecule has 0 heterocycles. The zero-order chi connectivity index (χ0) is 8.43. The third-order valence-corrected chi connectivity index (χ3v) is 1.76. The summed E-state index contributed by atoms with van der Waals surface area (Å²) >= 11 is 1.83. The van der Waals surface area contributed by atoms with Crippen LogP contribution in [0.25, 0.3) is 0 Å². The molecule has 0 bridgehead atoms. The second kappa shape index (κ2) is 3.29. The van der Waals surface area contributed by atoms with E-state index in [1.54, 1.807) is 0 Å². The Labute approximate surface area is 74.8 Å². The van der Waals surface area contributed by atoms with Gasteiger partial charge in [0.05, 0.1) is 0 Å². The summed E-state index contributed by atoms with van der Waals surface area (Å²) in [5, 5.41) is -1.24. The zero-order valence-corrected chi connectivity index (χ0v) is 7.35. The van der Waals surface area contributed by atoms with Gasteiger partial charge in [0, 0.05) is 3.57 Å². The maximum Gasteiger partial charge on any atom is 0.152 e. The van der Waals surface area contributed by atoms with Crippen LogP contribution in [0.15, 0.2) is 18.2 Å². The molecule has 0 N–H and O–H groups in total. The van der Waals surface area contributed by atoms with Crippen molar-refractivity contribution in [2.45, 2.75) is 0 Å². The van der Waals surface area contributed by atoms with E-state index in [2.05, 4.69) is 0 Å². The average molecular weight is 273 g/mol. The van der Waals surface area contributed by atoms with Crippen LogP contribution in [-0.4, -0.2) is 0 Å². The summed E-state index contributed by atoms with van der Waals surface area (Å²) in [7, 11) is 0. The third-order valence-electron chi connectivity index (χ3n) is 1.09. The molecule has 0 saturated heterocycles. The SMILES string of the molecule is Fc1ccc(I)cc1N(F)F. The van der Waals surface area contributed by atoms with E-state index in [0.717, 1.165) is 12.1 Å². The van der Waals surface area contributed by atoms with Gasteiger partial charge in [0.15, 0.2) is 5.82 Å². The lowest BCUT2D eigenvalue weighted by molar-refractivity contribution is 0.231. The van der Waals surface area contributed by atoms with Crippen molar-refractivity contribution < 1.29 is 13.4 Å². The fourth-order valence-electron chi connectivity index (χ4n) is 0.615. The fraction of sp³-hybridized carbons (Fsp3) is 0. The van der Waals surface area contributed by atoms with Crippen LogP contribution in [0, 0.1) is 9.39 Å². The molecule has 0 atom stereocenters. The van der Waals surface area contributed by atoms with E-state index in [4.69, 9.17) is 0 Å². The van der Waals surface area contributed by atoms with Gasteiger partial charge in [-0.25, -0.2) is 4.39 Å². The first-order chi connectivity index (χ1) is 5.11. The number of halogens is 4. The van der Waals surface area contributed by atoms with Gasteiger partial charge in [-0.1, -0.05) is 8.96 Å². The van der Waals surface area contributed by atoms with Crippen LogP contribution >= 0.6 is 22.6 Å². The Morgan fingerprint density at radius 2 is 1.91 bits per heavy atom. The smallest absolute Gasteiger partial charge is 0.152 e. The van der Waals surface area contributed by atoms with Crippen LogP contribution in [0.5, 0.6) is 0 Å². The van der Waals surface area contributed by atoms with E-state index in [0.29, 0.717) is 3.57 Å². The predicted octanol–water partition coefficient (Wildman–Crippen LogP) is 3.01. The molecular weight excluding hydrogens is 270 g/mol. The molecule has 0 amide bonds. The second-order valence-corrected chi connectivity index (χ2v) is 3.07. The zero-order valence-electron chi connectivity index (χ0n) is 5.19. The molecular formula is C6H3F3IN. The molecule has 0 aliphatic rings. The van der Waals surface area contributed by atoms with Gasteiger partial charge in [-0.15, -0.1) is 0 Å². The second-order valence-electron chi connectivity index (χ2n) is 1.83. The van der Waals surface area contributed by atoms with Crippen molar-refractivity contribution in [1.82, 2.24) is 0 Å². The molecule has 0 saturated carbocycles. The number of benzene rings is 1. The van der Waals surface area contributed by atoms with Gasteiger partial charge >= 0.3 is 0 Å². The maximum absolute atomic E-state index is 12.5. The van der Waals surface area contributed by atoms with Crippen LogP contribution in [-0.2, 0) is 0 Å². The van der Waals surface area contributed by atoms with Crippen LogP contribution < -0.4 is 5.34 Å². The summed E-state index contributed by atoms with van der Waals surface area (Å²) in [5.74, 6) is -0.921. The predicted molar refractivity (Wildman–Crippen MR) is 43.8 cm³/mol. The molecule has 0 radical (unpaired) electrons. The molecule has 0 aliphatic heterocycles. The van der Waals surface area contributed by atoms with Gasteiger partial charge in [0.1, 0.15) is 5.69 Å². The lowest BCUT2D eigenvalue weighted by Crippen LogP contribution is -1.98. The number of rotatable bonds is 1. The summed E-state index contributed by atoms with van der Waals surface area (Å²) in [4.78, 5) is 0. The van der Waals surface area contributed by atoms with E-state index in [9.17, 15) is 13.4 Å². The summed E-state index contributed by atoms with van der Waals surface area (Å²) in [6.45, 7) is 0. The first kappa shape index (κ1) is 8.63. The van der Waals surface area contributed by atoms with Crippen molar-refractivity contribution in [3.63, 3.8) is 0 Å². The standard InChI is InChI=1S/C6H3F3IN/c7-5-2-1-4(10)3-6(5)11(8)9/h1-3H. The molecule has 1 aromatic carbocycles. The summed E-state index contributed by atoms with van der Waals surface area (Å²) in [6, 6.07) is 3.49. The van der Waals surface area contributed by atoms with Crippen LogP contribution in [0.4, 0.5) is 19.0 Å². The number of hydrogen-bond acceptors (Lipinski definition) is 1. The van der Waals surface area contributed by atoms with Crippen molar-refractivity contribution in [2.75, 3.05) is 5.34 Å². The third kappa shape index (κ3) is 1.98. The quantitative estimate of drug-likeness (QED) is 0.561. The van der Waals surface area contributed by atoms with Crippen molar-refractivity contribution >= 4 is 28.3 Å². The Morgan fingerprint density at radius 3 is 2.36 bits per heavy atom. The number of anilines is 1. The van der Waals surface area contributed by atoms with Gasteiger partial charge in [0.2, 0.25) is 0 Å². The first-order valence-corrected chi connectivity index (χ1v) is 3.76. The van der Waals surface area contributed by atoms with Gasteiger partial charge in [-0.3, -0.25) is 0 Å². The van der Waals surface area contributed by atoms with Gasteiger partial charge < -0.3 is 0 Å². The fourth-order valence-corrected chi connectivity index (χ4v) is 1.09. The van der Waals surface area contributed by atoms with E-state index >= 15 is 0 Å². The van der Waals surface area contributed by atoms with Crippen LogP contribution in [0.3, 0.4) is 0 Å². The number of hydrogen-bond donors (Lipinski definition) is 0. The summed E-state index contributed by atoms with van der Waals surface area (Å²) < 4.78 is 36.7. The van der Waals surface area contributed by atoms with Gasteiger partial charge in [0.25, 0.3) is 0 Å². The van der Waals surface area contributed by atoms with Gasteiger partial charge in [-0.05, 0) is 46.1 Å². The first-order valence-electron chi connectivity index (χ1n) is 2.68. The van der Waals surface area contributed by atoms with E-state index in [1.165, 1.54) is 6.07 Å². The minimum absolute atomic E-state index is 0.569. The van der Waals surface area contributed by atoms with Crippen LogP contribution in [0.2, 0.25) is 0 Å². The molecule has 5 heteroatoms. The molecule has 0 spiro atoms. The maximum atomic E-state index is 12.5. The monoisotopic (exact) mass is 273 g/mol. The minimum atomic E-state index is -1.24. The molecule has 1 aromatic rings. The lowest BCUT2D eigenvalue weighted by Gasteiger charge is -2.02. The largest absolute Gasteiger partial charge is 0.204 e. The molecule has 0 unspecified atom stereocenters. The molecule has 60 valence electrons. The van der Waals surface area contributed by atoms with E-state index in [-0.39, 0.29) is 0 Å². The Kier molecular flexibility index (Phi) is 2.58. The molecule has 11 heavy (non-hydrogen) atoms. The topological polar surface area (TPSA) is 3.24 Å². The number of nitrogens with zero attached hydrogens (tertiary/aromatic N) is 1. The van der Waals surface area contributed by atoms with Crippen molar-refractivity contribution in [3.05, 3.63) is 27.6 Å². The Hall–Kier alpha value is -0.460. The molecule has 0 fully saturated rings.